The minimum Gasteiger partial charge on any atom is -0.477 e. The van der Waals surface area contributed by atoms with Gasteiger partial charge in [-0.05, 0) is 30.7 Å². The Bertz CT molecular complexity index is 844. The monoisotopic (exact) mass is 286 g/mol. The largest absolute Gasteiger partial charge is 0.477 e. The van der Waals surface area contributed by atoms with Gasteiger partial charge in [0.1, 0.15) is 11.4 Å². The molecule has 3 rings (SSSR count). The Hall–Kier alpha value is -2.96. The second-order valence-corrected chi connectivity index (χ2v) is 4.51. The van der Waals surface area contributed by atoms with E-state index in [2.05, 4.69) is 15.4 Å². The highest BCUT2D eigenvalue weighted by molar-refractivity contribution is 5.94. The van der Waals surface area contributed by atoms with Gasteiger partial charge < -0.3 is 10.4 Å². The summed E-state index contributed by atoms with van der Waals surface area (Å²) in [5.41, 5.74) is 1.75. The van der Waals surface area contributed by atoms with E-state index in [-0.39, 0.29) is 17.2 Å². The number of hydrogen-bond donors (Lipinski definition) is 2. The fourth-order valence-electron chi connectivity index (χ4n) is 2.04. The Morgan fingerprint density at radius 3 is 2.90 bits per heavy atom. The van der Waals surface area contributed by atoms with Crippen molar-refractivity contribution in [3.8, 4) is 0 Å². The van der Waals surface area contributed by atoms with Crippen LogP contribution in [0.15, 0.2) is 36.7 Å². The van der Waals surface area contributed by atoms with E-state index in [9.17, 15) is 14.3 Å². The number of benzene rings is 1. The molecule has 0 fully saturated rings. The molecular formula is C14H11FN4O2. The third kappa shape index (κ3) is 2.29. The summed E-state index contributed by atoms with van der Waals surface area (Å²) in [5.74, 6) is -1.20. The van der Waals surface area contributed by atoms with Crippen molar-refractivity contribution in [1.29, 1.82) is 0 Å². The average molecular weight is 286 g/mol. The summed E-state index contributed by atoms with van der Waals surface area (Å²) in [6.07, 6.45) is 2.79. The highest BCUT2D eigenvalue weighted by Crippen LogP contribution is 2.24. The number of carbonyl (C=O) groups is 1. The topological polar surface area (TPSA) is 79.5 Å². The van der Waals surface area contributed by atoms with E-state index in [0.717, 1.165) is 0 Å². The standard InChI is InChI=1S/C14H11FN4O2/c1-8-6-9(15)2-3-11(8)18-13-10(14(20)21)7-16-12-4-5-17-19(12)13/h2-7,18H,1H3,(H,20,21). The number of aromatic nitrogens is 3. The Kier molecular flexibility index (Phi) is 3.02. The van der Waals surface area contributed by atoms with E-state index >= 15 is 0 Å². The van der Waals surface area contributed by atoms with Crippen molar-refractivity contribution >= 4 is 23.1 Å². The van der Waals surface area contributed by atoms with E-state index in [1.54, 1.807) is 19.1 Å². The van der Waals surface area contributed by atoms with Crippen molar-refractivity contribution < 1.29 is 14.3 Å². The van der Waals surface area contributed by atoms with Crippen molar-refractivity contribution in [2.45, 2.75) is 6.92 Å². The van der Waals surface area contributed by atoms with Gasteiger partial charge in [0, 0.05) is 18.0 Å². The molecule has 0 radical (unpaired) electrons. The van der Waals surface area contributed by atoms with Gasteiger partial charge in [-0.2, -0.15) is 9.61 Å². The third-order valence-corrected chi connectivity index (χ3v) is 3.09. The first kappa shape index (κ1) is 13.0. The van der Waals surface area contributed by atoms with Crippen molar-refractivity contribution in [2.24, 2.45) is 0 Å². The Balaban J connectivity index is 2.16. The van der Waals surface area contributed by atoms with Gasteiger partial charge in [-0.25, -0.2) is 14.2 Å². The molecule has 21 heavy (non-hydrogen) atoms. The number of aryl methyl sites for hydroxylation is 1. The lowest BCUT2D eigenvalue weighted by Gasteiger charge is -2.13. The first-order valence-corrected chi connectivity index (χ1v) is 6.15. The van der Waals surface area contributed by atoms with E-state index in [0.29, 0.717) is 16.9 Å². The lowest BCUT2D eigenvalue weighted by atomic mass is 10.2. The normalized spacial score (nSPS) is 10.8. The van der Waals surface area contributed by atoms with Crippen LogP contribution in [0, 0.1) is 12.7 Å². The van der Waals surface area contributed by atoms with Crippen LogP contribution in [0.4, 0.5) is 15.9 Å². The third-order valence-electron chi connectivity index (χ3n) is 3.09. The number of carboxylic acid groups (broad SMARTS) is 1. The molecule has 2 heterocycles. The van der Waals surface area contributed by atoms with Gasteiger partial charge in [-0.1, -0.05) is 0 Å². The fraction of sp³-hybridized carbons (Fsp3) is 0.0714. The van der Waals surface area contributed by atoms with Gasteiger partial charge in [0.25, 0.3) is 0 Å². The molecule has 0 spiro atoms. The highest BCUT2D eigenvalue weighted by Gasteiger charge is 2.16. The van der Waals surface area contributed by atoms with Crippen molar-refractivity contribution in [3.63, 3.8) is 0 Å². The molecular weight excluding hydrogens is 275 g/mol. The molecule has 2 aromatic heterocycles. The number of nitrogens with one attached hydrogen (secondary N) is 1. The molecule has 0 bridgehead atoms. The molecule has 0 saturated heterocycles. The first-order valence-electron chi connectivity index (χ1n) is 6.15. The molecule has 0 atom stereocenters. The number of rotatable bonds is 3. The quantitative estimate of drug-likeness (QED) is 0.773. The van der Waals surface area contributed by atoms with Crippen LogP contribution in [0.25, 0.3) is 5.65 Å². The highest BCUT2D eigenvalue weighted by atomic mass is 19.1. The number of halogens is 1. The molecule has 0 aliphatic heterocycles. The molecule has 2 N–H and O–H groups in total. The summed E-state index contributed by atoms with van der Waals surface area (Å²) in [4.78, 5) is 15.4. The molecule has 0 aliphatic rings. The molecule has 1 aromatic carbocycles. The van der Waals surface area contributed by atoms with Crippen LogP contribution in [0.3, 0.4) is 0 Å². The number of nitrogens with zero attached hydrogens (tertiary/aromatic N) is 3. The van der Waals surface area contributed by atoms with Gasteiger partial charge in [-0.15, -0.1) is 0 Å². The van der Waals surface area contributed by atoms with Crippen LogP contribution >= 0.6 is 0 Å². The summed E-state index contributed by atoms with van der Waals surface area (Å²) in [5, 5.41) is 16.3. The van der Waals surface area contributed by atoms with E-state index in [1.807, 2.05) is 0 Å². The van der Waals surface area contributed by atoms with Crippen LogP contribution in [0.2, 0.25) is 0 Å². The second-order valence-electron chi connectivity index (χ2n) is 4.51. The van der Waals surface area contributed by atoms with Crippen LogP contribution in [-0.4, -0.2) is 25.7 Å². The molecule has 106 valence electrons. The maximum Gasteiger partial charge on any atom is 0.341 e. The summed E-state index contributed by atoms with van der Waals surface area (Å²) in [6, 6.07) is 5.88. The first-order chi connectivity index (χ1) is 10.1. The Morgan fingerprint density at radius 1 is 1.38 bits per heavy atom. The molecule has 7 heteroatoms. The smallest absolute Gasteiger partial charge is 0.341 e. The van der Waals surface area contributed by atoms with Gasteiger partial charge in [-0.3, -0.25) is 0 Å². The molecule has 0 aliphatic carbocycles. The van der Waals surface area contributed by atoms with E-state index in [1.165, 1.54) is 29.0 Å². The van der Waals surface area contributed by atoms with Crippen molar-refractivity contribution in [2.75, 3.05) is 5.32 Å². The summed E-state index contributed by atoms with van der Waals surface area (Å²) >= 11 is 0. The van der Waals surface area contributed by atoms with Crippen LogP contribution in [-0.2, 0) is 0 Å². The minimum absolute atomic E-state index is 0.0186. The number of carboxylic acids is 1. The van der Waals surface area contributed by atoms with Crippen LogP contribution in [0.5, 0.6) is 0 Å². The maximum atomic E-state index is 13.1. The predicted molar refractivity (Wildman–Crippen MR) is 74.4 cm³/mol. The lowest BCUT2D eigenvalue weighted by Crippen LogP contribution is -2.10. The van der Waals surface area contributed by atoms with Gasteiger partial charge in [0.05, 0.1) is 6.20 Å². The summed E-state index contributed by atoms with van der Waals surface area (Å²) < 4.78 is 14.5. The minimum atomic E-state index is -1.12. The second kappa shape index (κ2) is 4.86. The van der Waals surface area contributed by atoms with E-state index < -0.39 is 5.97 Å². The molecule has 3 aromatic rings. The zero-order chi connectivity index (χ0) is 15.0. The maximum absolute atomic E-state index is 13.1. The van der Waals surface area contributed by atoms with Gasteiger partial charge >= 0.3 is 5.97 Å². The fourth-order valence-corrected chi connectivity index (χ4v) is 2.04. The molecule has 0 unspecified atom stereocenters. The SMILES string of the molecule is Cc1cc(F)ccc1Nc1c(C(=O)O)cnc2ccnn12. The molecule has 0 saturated carbocycles. The Morgan fingerprint density at radius 2 is 2.19 bits per heavy atom. The average Bonchev–Trinajstić information content (AvgIpc) is 2.90. The number of aromatic carboxylic acids is 1. The summed E-state index contributed by atoms with van der Waals surface area (Å²) in [6.45, 7) is 1.73. The zero-order valence-electron chi connectivity index (χ0n) is 11.0. The van der Waals surface area contributed by atoms with Crippen LogP contribution < -0.4 is 5.32 Å². The number of anilines is 2. The predicted octanol–water partition coefficient (Wildman–Crippen LogP) is 2.62. The van der Waals surface area contributed by atoms with E-state index in [4.69, 9.17) is 0 Å². The zero-order valence-corrected chi connectivity index (χ0v) is 11.0. The lowest BCUT2D eigenvalue weighted by molar-refractivity contribution is 0.0697. The van der Waals surface area contributed by atoms with Gasteiger partial charge in [0.2, 0.25) is 0 Å². The number of hydrogen-bond acceptors (Lipinski definition) is 4. The number of fused-ring (bicyclic) bond motifs is 1. The van der Waals surface area contributed by atoms with Crippen molar-refractivity contribution in [3.05, 3.63) is 53.6 Å². The van der Waals surface area contributed by atoms with Crippen LogP contribution in [0.1, 0.15) is 15.9 Å². The molecule has 0 amide bonds. The summed E-state index contributed by atoms with van der Waals surface area (Å²) in [7, 11) is 0. The van der Waals surface area contributed by atoms with Crippen molar-refractivity contribution in [1.82, 2.24) is 14.6 Å². The molecule has 6 nitrogen and oxygen atoms in total. The Labute approximate surface area is 118 Å². The van der Waals surface area contributed by atoms with Gasteiger partial charge in [0.15, 0.2) is 11.5 Å².